The van der Waals surface area contributed by atoms with E-state index in [0.717, 1.165) is 5.56 Å². The van der Waals surface area contributed by atoms with E-state index in [9.17, 15) is 23.1 Å². The highest BCUT2D eigenvalue weighted by Crippen LogP contribution is 2.37. The van der Waals surface area contributed by atoms with Gasteiger partial charge in [-0.3, -0.25) is 0 Å². The third-order valence-corrected chi connectivity index (χ3v) is 5.88. The van der Waals surface area contributed by atoms with Gasteiger partial charge in [0.2, 0.25) is 0 Å². The molecule has 1 heterocycles. The molecule has 2 amide bonds. The van der Waals surface area contributed by atoms with Crippen molar-refractivity contribution in [2.75, 3.05) is 13.1 Å². The van der Waals surface area contributed by atoms with Gasteiger partial charge in [-0.2, -0.15) is 13.2 Å². The minimum Gasteiger partial charge on any atom is -0.388 e. The maximum absolute atomic E-state index is 12.9. The highest BCUT2D eigenvalue weighted by molar-refractivity contribution is 5.74. The predicted molar refractivity (Wildman–Crippen MR) is 96.0 cm³/mol. The van der Waals surface area contributed by atoms with Crippen molar-refractivity contribution in [3.63, 3.8) is 0 Å². The van der Waals surface area contributed by atoms with Crippen molar-refractivity contribution in [1.29, 1.82) is 0 Å². The van der Waals surface area contributed by atoms with Crippen LogP contribution in [0, 0.1) is 11.8 Å². The largest absolute Gasteiger partial charge is 0.391 e. The first-order chi connectivity index (χ1) is 12.8. The Kier molecular flexibility index (Phi) is 6.29. The van der Waals surface area contributed by atoms with Crippen molar-refractivity contribution < 1.29 is 23.1 Å². The highest BCUT2D eigenvalue weighted by atomic mass is 19.4. The number of piperidine rings is 1. The lowest BCUT2D eigenvalue weighted by molar-refractivity contribution is -0.183. The first-order valence-corrected chi connectivity index (χ1v) is 9.69. The van der Waals surface area contributed by atoms with Gasteiger partial charge in [0.1, 0.15) is 0 Å². The monoisotopic (exact) mass is 384 g/mol. The number of hydrogen-bond donors (Lipinski definition) is 2. The quantitative estimate of drug-likeness (QED) is 0.818. The van der Waals surface area contributed by atoms with Gasteiger partial charge in [0.15, 0.2) is 0 Å². The van der Waals surface area contributed by atoms with Crippen molar-refractivity contribution in [2.45, 2.75) is 56.8 Å². The number of amides is 2. The van der Waals surface area contributed by atoms with Crippen LogP contribution < -0.4 is 5.32 Å². The van der Waals surface area contributed by atoms with E-state index in [4.69, 9.17) is 0 Å². The second-order valence-corrected chi connectivity index (χ2v) is 7.73. The fourth-order valence-corrected chi connectivity index (χ4v) is 4.22. The van der Waals surface area contributed by atoms with Crippen molar-refractivity contribution in [3.05, 3.63) is 35.9 Å². The zero-order valence-corrected chi connectivity index (χ0v) is 15.3. The number of urea groups is 1. The van der Waals surface area contributed by atoms with Gasteiger partial charge < -0.3 is 15.3 Å². The van der Waals surface area contributed by atoms with Crippen molar-refractivity contribution in [1.82, 2.24) is 10.2 Å². The van der Waals surface area contributed by atoms with Crippen molar-refractivity contribution in [3.8, 4) is 0 Å². The van der Waals surface area contributed by atoms with Crippen molar-refractivity contribution >= 4 is 6.03 Å². The van der Waals surface area contributed by atoms with E-state index in [0.29, 0.717) is 38.8 Å². The normalized spacial score (nSPS) is 25.9. The molecular formula is C20H27F3N2O2. The molecule has 1 aromatic carbocycles. The lowest BCUT2D eigenvalue weighted by Gasteiger charge is -2.36. The molecule has 3 rings (SSSR count). The minimum atomic E-state index is -4.19. The fourth-order valence-electron chi connectivity index (χ4n) is 4.22. The first kappa shape index (κ1) is 20.0. The summed E-state index contributed by atoms with van der Waals surface area (Å²) < 4.78 is 38.8. The molecule has 4 nitrogen and oxygen atoms in total. The molecular weight excluding hydrogens is 357 g/mol. The average molecular weight is 384 g/mol. The number of alkyl halides is 3. The molecule has 3 atom stereocenters. The number of benzene rings is 1. The number of nitrogens with one attached hydrogen (secondary N) is 1. The van der Waals surface area contributed by atoms with Gasteiger partial charge in [-0.05, 0) is 43.6 Å². The van der Waals surface area contributed by atoms with Gasteiger partial charge in [-0.25, -0.2) is 4.79 Å². The number of aliphatic hydroxyl groups excluding tert-OH is 1. The van der Waals surface area contributed by atoms with E-state index in [1.165, 1.54) is 0 Å². The molecule has 0 radical (unpaired) electrons. The molecule has 2 aliphatic rings. The molecule has 1 aromatic rings. The maximum Gasteiger partial charge on any atom is 0.391 e. The molecule has 1 aliphatic heterocycles. The molecule has 0 spiro atoms. The maximum atomic E-state index is 12.9. The standard InChI is InChI=1S/C20H27F3N2O2/c21-20(22,23)16-7-4-8-17(13-16)24-19(27)25-11-9-15(10-12-25)18(26)14-5-2-1-3-6-14/h1-3,5-6,15-18,26H,4,7-13H2,(H,24,27)/t16-,17+,18+/m0/s1. The van der Waals surface area contributed by atoms with Crippen LogP contribution in [0.2, 0.25) is 0 Å². The van der Waals surface area contributed by atoms with Gasteiger partial charge in [-0.1, -0.05) is 36.8 Å². The molecule has 7 heteroatoms. The summed E-state index contributed by atoms with van der Waals surface area (Å²) in [6.07, 6.45) is -2.17. The molecule has 1 saturated heterocycles. The molecule has 27 heavy (non-hydrogen) atoms. The van der Waals surface area contributed by atoms with Crippen LogP contribution in [0.25, 0.3) is 0 Å². The Balaban J connectivity index is 1.47. The van der Waals surface area contributed by atoms with Crippen LogP contribution in [0.4, 0.5) is 18.0 Å². The zero-order valence-electron chi connectivity index (χ0n) is 15.3. The summed E-state index contributed by atoms with van der Waals surface area (Å²) in [5.41, 5.74) is 0.876. The summed E-state index contributed by atoms with van der Waals surface area (Å²) >= 11 is 0. The number of carbonyl (C=O) groups excluding carboxylic acids is 1. The summed E-state index contributed by atoms with van der Waals surface area (Å²) in [5, 5.41) is 13.3. The smallest absolute Gasteiger partial charge is 0.388 e. The minimum absolute atomic E-state index is 0.0293. The predicted octanol–water partition coefficient (Wildman–Crippen LogP) is 4.26. The zero-order chi connectivity index (χ0) is 19.4. The van der Waals surface area contributed by atoms with Gasteiger partial charge in [0.25, 0.3) is 0 Å². The summed E-state index contributed by atoms with van der Waals surface area (Å²) in [7, 11) is 0. The Morgan fingerprint density at radius 1 is 1.11 bits per heavy atom. The highest BCUT2D eigenvalue weighted by Gasteiger charge is 2.42. The topological polar surface area (TPSA) is 52.6 Å². The number of likely N-dealkylation sites (tertiary alicyclic amines) is 1. The number of rotatable bonds is 3. The van der Waals surface area contributed by atoms with Gasteiger partial charge in [-0.15, -0.1) is 0 Å². The van der Waals surface area contributed by atoms with Crippen LogP contribution in [0.5, 0.6) is 0 Å². The fraction of sp³-hybridized carbons (Fsp3) is 0.650. The van der Waals surface area contributed by atoms with E-state index < -0.39 is 24.2 Å². The van der Waals surface area contributed by atoms with E-state index in [1.807, 2.05) is 30.3 Å². The van der Waals surface area contributed by atoms with Crippen LogP contribution in [-0.4, -0.2) is 41.3 Å². The van der Waals surface area contributed by atoms with E-state index in [1.54, 1.807) is 4.90 Å². The summed E-state index contributed by atoms with van der Waals surface area (Å²) in [6, 6.07) is 8.77. The number of nitrogens with zero attached hydrogens (tertiary/aromatic N) is 1. The lowest BCUT2D eigenvalue weighted by Crippen LogP contribution is -2.50. The van der Waals surface area contributed by atoms with Crippen LogP contribution in [0.15, 0.2) is 30.3 Å². The molecule has 0 unspecified atom stereocenters. The van der Waals surface area contributed by atoms with Gasteiger partial charge in [0, 0.05) is 19.1 Å². The van der Waals surface area contributed by atoms with Crippen LogP contribution in [0.1, 0.15) is 50.2 Å². The molecule has 150 valence electrons. The average Bonchev–Trinajstić information content (AvgIpc) is 2.68. The Bertz CT molecular complexity index is 615. The van der Waals surface area contributed by atoms with E-state index in [2.05, 4.69) is 5.32 Å². The molecule has 2 N–H and O–H groups in total. The van der Waals surface area contributed by atoms with E-state index in [-0.39, 0.29) is 24.8 Å². The van der Waals surface area contributed by atoms with Crippen LogP contribution in [-0.2, 0) is 0 Å². The third-order valence-electron chi connectivity index (χ3n) is 5.88. The third kappa shape index (κ3) is 5.15. The second kappa shape index (κ2) is 8.50. The Morgan fingerprint density at radius 2 is 1.78 bits per heavy atom. The molecule has 1 aliphatic carbocycles. The molecule has 2 fully saturated rings. The van der Waals surface area contributed by atoms with Gasteiger partial charge in [0.05, 0.1) is 12.0 Å². The SMILES string of the molecule is O=C(N[C@@H]1CCC[C@H](C(F)(F)F)C1)N1CCC([C@H](O)c2ccccc2)CC1. The van der Waals surface area contributed by atoms with E-state index >= 15 is 0 Å². The Hall–Kier alpha value is -1.76. The summed E-state index contributed by atoms with van der Waals surface area (Å²) in [4.78, 5) is 14.1. The van der Waals surface area contributed by atoms with Crippen LogP contribution >= 0.6 is 0 Å². The molecule has 0 aromatic heterocycles. The lowest BCUT2D eigenvalue weighted by atomic mass is 9.85. The molecule has 0 bridgehead atoms. The number of halogens is 3. The van der Waals surface area contributed by atoms with Crippen molar-refractivity contribution in [2.24, 2.45) is 11.8 Å². The summed E-state index contributed by atoms with van der Waals surface area (Å²) in [5.74, 6) is -1.23. The van der Waals surface area contributed by atoms with Gasteiger partial charge >= 0.3 is 12.2 Å². The number of aliphatic hydroxyl groups is 1. The number of carbonyl (C=O) groups is 1. The second-order valence-electron chi connectivity index (χ2n) is 7.73. The Labute approximate surface area is 157 Å². The first-order valence-electron chi connectivity index (χ1n) is 9.69. The number of hydrogen-bond acceptors (Lipinski definition) is 2. The van der Waals surface area contributed by atoms with Crippen LogP contribution in [0.3, 0.4) is 0 Å². The summed E-state index contributed by atoms with van der Waals surface area (Å²) in [6.45, 7) is 1.02. The molecule has 1 saturated carbocycles. The Morgan fingerprint density at radius 3 is 2.41 bits per heavy atom.